The van der Waals surface area contributed by atoms with E-state index < -0.39 is 47.0 Å². The lowest BCUT2D eigenvalue weighted by Crippen LogP contribution is -2.59. The van der Waals surface area contributed by atoms with E-state index in [0.29, 0.717) is 50.2 Å². The SMILES string of the molecule is CC(C)(C)OC(=O)[C@H]1CN(c2ncc(CN(C(=O)OC(C)(C)C)C(=O)OC(C)(C)C)cn2)CCN1C(=O)CCOCCN1CCN(c2ncc(C(=O)O)cn2)CC1. The minimum atomic E-state index is -1.07. The van der Waals surface area contributed by atoms with Gasteiger partial charge in [0, 0.05) is 76.2 Å². The number of amides is 3. The molecule has 4 rings (SSSR count). The fraction of sp³-hybridized carbons (Fsp3) is 0.658. The molecule has 2 aliphatic heterocycles. The van der Waals surface area contributed by atoms with Gasteiger partial charge in [-0.05, 0) is 62.3 Å². The van der Waals surface area contributed by atoms with Gasteiger partial charge < -0.3 is 38.8 Å². The van der Waals surface area contributed by atoms with Gasteiger partial charge >= 0.3 is 24.1 Å². The summed E-state index contributed by atoms with van der Waals surface area (Å²) in [6.07, 6.45) is 3.90. The second kappa shape index (κ2) is 18.8. The van der Waals surface area contributed by atoms with Crippen molar-refractivity contribution in [1.29, 1.82) is 0 Å². The van der Waals surface area contributed by atoms with Gasteiger partial charge in [-0.3, -0.25) is 9.69 Å². The van der Waals surface area contributed by atoms with Crippen LogP contribution in [0.5, 0.6) is 0 Å². The van der Waals surface area contributed by atoms with Gasteiger partial charge in [-0.15, -0.1) is 0 Å². The number of ether oxygens (including phenoxy) is 4. The number of hydrogen-bond donors (Lipinski definition) is 1. The Bertz CT molecular complexity index is 1670. The van der Waals surface area contributed by atoms with Crippen LogP contribution in [-0.2, 0) is 35.1 Å². The van der Waals surface area contributed by atoms with Crippen LogP contribution in [0.1, 0.15) is 84.7 Å². The Morgan fingerprint density at radius 2 is 1.21 bits per heavy atom. The fourth-order valence-corrected chi connectivity index (χ4v) is 5.81. The van der Waals surface area contributed by atoms with Crippen molar-refractivity contribution >= 4 is 41.9 Å². The van der Waals surface area contributed by atoms with Crippen LogP contribution in [0.25, 0.3) is 0 Å². The molecule has 19 nitrogen and oxygen atoms in total. The number of nitrogens with zero attached hydrogens (tertiary/aromatic N) is 9. The third-order valence-corrected chi connectivity index (χ3v) is 8.47. The first kappa shape index (κ1) is 44.5. The van der Waals surface area contributed by atoms with Gasteiger partial charge in [0.25, 0.3) is 0 Å². The number of hydrogen-bond acceptors (Lipinski definition) is 16. The van der Waals surface area contributed by atoms with E-state index in [1.807, 2.05) is 4.90 Å². The zero-order valence-corrected chi connectivity index (χ0v) is 34.5. The summed E-state index contributed by atoms with van der Waals surface area (Å²) < 4.78 is 22.4. The summed E-state index contributed by atoms with van der Waals surface area (Å²) >= 11 is 0. The van der Waals surface area contributed by atoms with Crippen molar-refractivity contribution in [1.82, 2.24) is 34.6 Å². The van der Waals surface area contributed by atoms with Gasteiger partial charge in [-0.1, -0.05) is 0 Å². The summed E-state index contributed by atoms with van der Waals surface area (Å²) in [7, 11) is 0. The van der Waals surface area contributed by atoms with Gasteiger partial charge in [0.15, 0.2) is 0 Å². The van der Waals surface area contributed by atoms with Crippen LogP contribution in [0.3, 0.4) is 0 Å². The van der Waals surface area contributed by atoms with Crippen molar-refractivity contribution in [3.05, 3.63) is 35.9 Å². The number of carbonyl (C=O) groups excluding carboxylic acids is 4. The third-order valence-electron chi connectivity index (χ3n) is 8.47. The number of carbonyl (C=O) groups is 5. The van der Waals surface area contributed by atoms with Crippen molar-refractivity contribution < 1.29 is 48.0 Å². The number of piperazine rings is 2. The number of anilines is 2. The van der Waals surface area contributed by atoms with Crippen molar-refractivity contribution in [2.24, 2.45) is 0 Å². The first-order valence-electron chi connectivity index (χ1n) is 19.0. The smallest absolute Gasteiger partial charge is 0.420 e. The predicted octanol–water partition coefficient (Wildman–Crippen LogP) is 3.22. The number of carboxylic acid groups (broad SMARTS) is 1. The maximum atomic E-state index is 13.5. The molecule has 4 heterocycles. The molecule has 0 saturated carbocycles. The molecular weight excluding hydrogens is 742 g/mol. The summed E-state index contributed by atoms with van der Waals surface area (Å²) in [5.41, 5.74) is -2.01. The molecule has 0 spiro atoms. The summed E-state index contributed by atoms with van der Waals surface area (Å²) in [6, 6.07) is -0.927. The molecule has 3 amide bonds. The standard InChI is InChI=1S/C38H57N9O10/c1-36(2,3)55-31(51)28-25-45(33-39-20-26(21-40-33)24-47(34(52)56-37(4,5)6)35(53)57-38(7,8)9)15-16-46(28)29(48)10-18-54-19-17-43-11-13-44(14-12-43)32-41-22-27(23-42-32)30(49)50/h20-23,28H,10-19,24-25H2,1-9H3,(H,49,50)/t28-/m1/s1. The first-order chi connectivity index (χ1) is 26.6. The topological polar surface area (TPSA) is 210 Å². The maximum absolute atomic E-state index is 13.5. The summed E-state index contributed by atoms with van der Waals surface area (Å²) in [4.78, 5) is 89.7. The van der Waals surface area contributed by atoms with E-state index >= 15 is 0 Å². The molecule has 57 heavy (non-hydrogen) atoms. The second-order valence-electron chi connectivity index (χ2n) is 16.8. The normalized spacial score (nSPS) is 16.9. The highest BCUT2D eigenvalue weighted by Crippen LogP contribution is 2.22. The molecule has 2 saturated heterocycles. The Morgan fingerprint density at radius 3 is 1.74 bits per heavy atom. The van der Waals surface area contributed by atoms with E-state index in [-0.39, 0.29) is 44.1 Å². The Labute approximate surface area is 333 Å². The zero-order chi connectivity index (χ0) is 42.1. The van der Waals surface area contributed by atoms with Crippen LogP contribution in [0, 0.1) is 0 Å². The number of esters is 1. The van der Waals surface area contributed by atoms with E-state index in [2.05, 4.69) is 24.8 Å². The van der Waals surface area contributed by atoms with Crippen molar-refractivity contribution in [2.45, 2.75) is 98.1 Å². The van der Waals surface area contributed by atoms with Gasteiger partial charge in [0.1, 0.15) is 22.8 Å². The Balaban J connectivity index is 1.31. The van der Waals surface area contributed by atoms with Gasteiger partial charge in [-0.2, -0.15) is 0 Å². The molecule has 0 aliphatic carbocycles. The molecule has 2 aromatic heterocycles. The molecule has 0 radical (unpaired) electrons. The predicted molar refractivity (Wildman–Crippen MR) is 207 cm³/mol. The molecular formula is C38H57N9O10. The van der Waals surface area contributed by atoms with E-state index in [9.17, 15) is 24.0 Å². The molecule has 2 aromatic rings. The van der Waals surface area contributed by atoms with Crippen LogP contribution < -0.4 is 9.80 Å². The third kappa shape index (κ3) is 14.1. The van der Waals surface area contributed by atoms with Crippen LogP contribution >= 0.6 is 0 Å². The highest BCUT2D eigenvalue weighted by molar-refractivity contribution is 5.88. The molecule has 314 valence electrons. The molecule has 0 unspecified atom stereocenters. The van der Waals surface area contributed by atoms with Crippen LogP contribution in [0.4, 0.5) is 21.5 Å². The monoisotopic (exact) mass is 799 g/mol. The van der Waals surface area contributed by atoms with Crippen molar-refractivity contribution in [3.63, 3.8) is 0 Å². The quantitative estimate of drug-likeness (QED) is 0.186. The van der Waals surface area contributed by atoms with Crippen molar-refractivity contribution in [3.8, 4) is 0 Å². The van der Waals surface area contributed by atoms with E-state index in [0.717, 1.165) is 18.0 Å². The Kier molecular flexibility index (Phi) is 14.7. The molecule has 2 aliphatic rings. The number of imide groups is 1. The highest BCUT2D eigenvalue weighted by atomic mass is 16.6. The molecule has 0 bridgehead atoms. The second-order valence-corrected chi connectivity index (χ2v) is 16.8. The fourth-order valence-electron chi connectivity index (χ4n) is 5.81. The summed E-state index contributed by atoms with van der Waals surface area (Å²) in [5.74, 6) is -1.07. The van der Waals surface area contributed by atoms with E-state index in [1.54, 1.807) is 67.2 Å². The zero-order valence-electron chi connectivity index (χ0n) is 34.5. The maximum Gasteiger partial charge on any atom is 0.420 e. The van der Waals surface area contributed by atoms with Crippen LogP contribution in [-0.4, -0.2) is 158 Å². The first-order valence-corrected chi connectivity index (χ1v) is 19.0. The summed E-state index contributed by atoms with van der Waals surface area (Å²) in [5, 5.41) is 9.07. The average Bonchev–Trinajstić information content (AvgIpc) is 3.11. The molecule has 1 atom stereocenters. The molecule has 2 fully saturated rings. The number of aromatic carboxylic acids is 1. The van der Waals surface area contributed by atoms with Crippen LogP contribution in [0.15, 0.2) is 24.8 Å². The van der Waals surface area contributed by atoms with Gasteiger partial charge in [-0.25, -0.2) is 44.0 Å². The lowest BCUT2D eigenvalue weighted by atomic mass is 10.1. The molecule has 0 aromatic carbocycles. The summed E-state index contributed by atoms with van der Waals surface area (Å²) in [6.45, 7) is 20.0. The lowest BCUT2D eigenvalue weighted by molar-refractivity contribution is -0.165. The lowest BCUT2D eigenvalue weighted by Gasteiger charge is -2.41. The number of carboxylic acids is 1. The number of rotatable bonds is 12. The Hall–Kier alpha value is -5.17. The van der Waals surface area contributed by atoms with E-state index in [1.165, 1.54) is 29.7 Å². The van der Waals surface area contributed by atoms with Gasteiger partial charge in [0.2, 0.25) is 17.8 Å². The highest BCUT2D eigenvalue weighted by Gasteiger charge is 2.39. The molecule has 1 N–H and O–H groups in total. The largest absolute Gasteiger partial charge is 0.478 e. The van der Waals surface area contributed by atoms with E-state index in [4.69, 9.17) is 24.1 Å². The molecule has 19 heteroatoms. The minimum absolute atomic E-state index is 0.0402. The van der Waals surface area contributed by atoms with Crippen LogP contribution in [0.2, 0.25) is 0 Å². The van der Waals surface area contributed by atoms with Crippen molar-refractivity contribution in [2.75, 3.05) is 75.4 Å². The van der Waals surface area contributed by atoms with Gasteiger partial charge in [0.05, 0.1) is 38.3 Å². The Morgan fingerprint density at radius 1 is 0.702 bits per heavy atom. The minimum Gasteiger partial charge on any atom is -0.478 e. The average molecular weight is 800 g/mol. The number of aromatic nitrogens is 4.